The quantitative estimate of drug-likeness (QED) is 0.378. The fourth-order valence-electron chi connectivity index (χ4n) is 1.46. The largest absolute Gasteiger partial charge is 0.477 e. The van der Waals surface area contributed by atoms with Gasteiger partial charge in [-0.25, -0.2) is 9.78 Å². The molecule has 0 saturated carbocycles. The maximum Gasteiger partial charge on any atom is 0.352 e. The van der Waals surface area contributed by atoms with Gasteiger partial charge in [-0.05, 0) is 18.2 Å². The number of hydrogen-bond acceptors (Lipinski definition) is 6. The van der Waals surface area contributed by atoms with Gasteiger partial charge < -0.3 is 15.8 Å². The van der Waals surface area contributed by atoms with Crippen LogP contribution in [0.5, 0.6) is 0 Å². The number of nitro groups is 1. The van der Waals surface area contributed by atoms with E-state index in [1.54, 1.807) is 11.6 Å². The van der Waals surface area contributed by atoms with Gasteiger partial charge in [0.05, 0.1) is 15.1 Å². The number of nitro benzene ring substituents is 1. The second kappa shape index (κ2) is 6.01. The van der Waals surface area contributed by atoms with E-state index in [1.165, 1.54) is 35.6 Å². The molecule has 4 N–H and O–H groups in total. The molecule has 0 amide bonds. The third-order valence-electron chi connectivity index (χ3n) is 2.46. The minimum absolute atomic E-state index is 0.0641. The lowest BCUT2D eigenvalue weighted by atomic mass is 10.3. The number of nitrogens with zero attached hydrogens (tertiary/aromatic N) is 2. The summed E-state index contributed by atoms with van der Waals surface area (Å²) in [6.45, 7) is 0. The Morgan fingerprint density at radius 3 is 2.57 bits per heavy atom. The summed E-state index contributed by atoms with van der Waals surface area (Å²) >= 11 is 1.42. The lowest BCUT2D eigenvalue weighted by Crippen LogP contribution is -1.94. The predicted octanol–water partition coefficient (Wildman–Crippen LogP) is 2.50. The summed E-state index contributed by atoms with van der Waals surface area (Å²) in [5.74, 6) is -0.949. The Balaban J connectivity index is 0.000000155. The van der Waals surface area contributed by atoms with Crippen LogP contribution in [0.1, 0.15) is 10.5 Å². The SMILES string of the molecule is Nc1ccc([N+](=O)[O-])cc1.O=C(O)c1cc2scnc2[nH]1. The number of carbonyl (C=O) groups is 1. The number of carboxylic acid groups (broad SMARTS) is 1. The molecule has 0 spiro atoms. The zero-order chi connectivity index (χ0) is 15.4. The molecule has 108 valence electrons. The van der Waals surface area contributed by atoms with E-state index in [-0.39, 0.29) is 11.4 Å². The molecule has 2 heterocycles. The Morgan fingerprint density at radius 1 is 1.38 bits per heavy atom. The summed E-state index contributed by atoms with van der Waals surface area (Å²) in [5, 5.41) is 18.6. The summed E-state index contributed by atoms with van der Waals surface area (Å²) < 4.78 is 0.877. The lowest BCUT2D eigenvalue weighted by Gasteiger charge is -1.90. The number of nitrogens with one attached hydrogen (secondary N) is 1. The lowest BCUT2D eigenvalue weighted by molar-refractivity contribution is -0.384. The number of H-pyrrole nitrogens is 1. The van der Waals surface area contributed by atoms with Crippen molar-refractivity contribution in [2.75, 3.05) is 5.73 Å². The Morgan fingerprint density at radius 2 is 2.05 bits per heavy atom. The van der Waals surface area contributed by atoms with Crippen LogP contribution in [0.2, 0.25) is 0 Å². The summed E-state index contributed by atoms with van der Waals surface area (Å²) in [6.07, 6.45) is 0. The molecule has 2 aromatic heterocycles. The first-order chi connectivity index (χ1) is 9.97. The number of non-ortho nitro benzene ring substituents is 1. The van der Waals surface area contributed by atoms with Crippen LogP contribution in [0, 0.1) is 10.1 Å². The number of nitrogen functional groups attached to an aromatic ring is 1. The van der Waals surface area contributed by atoms with Crippen molar-refractivity contribution < 1.29 is 14.8 Å². The first kappa shape index (κ1) is 14.5. The van der Waals surface area contributed by atoms with Crippen molar-refractivity contribution in [1.29, 1.82) is 0 Å². The van der Waals surface area contributed by atoms with E-state index in [0.717, 1.165) is 4.70 Å². The number of aromatic amines is 1. The number of anilines is 1. The monoisotopic (exact) mass is 306 g/mol. The second-order valence-corrected chi connectivity index (χ2v) is 4.79. The van der Waals surface area contributed by atoms with Crippen LogP contribution in [0.3, 0.4) is 0 Å². The molecule has 0 atom stereocenters. The number of fused-ring (bicyclic) bond motifs is 1. The highest BCUT2D eigenvalue weighted by Gasteiger charge is 2.07. The van der Waals surface area contributed by atoms with Crippen LogP contribution in [-0.4, -0.2) is 26.0 Å². The number of aromatic nitrogens is 2. The Kier molecular flexibility index (Phi) is 4.14. The summed E-state index contributed by atoms with van der Waals surface area (Å²) in [5.41, 5.74) is 8.41. The summed E-state index contributed by atoms with van der Waals surface area (Å²) in [4.78, 5) is 26.6. The molecule has 0 saturated heterocycles. The van der Waals surface area contributed by atoms with Crippen molar-refractivity contribution in [2.24, 2.45) is 0 Å². The van der Waals surface area contributed by atoms with Crippen molar-refractivity contribution >= 4 is 39.0 Å². The van der Waals surface area contributed by atoms with Gasteiger partial charge in [-0.1, -0.05) is 0 Å². The van der Waals surface area contributed by atoms with Gasteiger partial charge in [0.1, 0.15) is 11.3 Å². The molecule has 3 rings (SSSR count). The molecular weight excluding hydrogens is 296 g/mol. The van der Waals surface area contributed by atoms with E-state index in [0.29, 0.717) is 11.3 Å². The minimum atomic E-state index is -0.949. The van der Waals surface area contributed by atoms with Gasteiger partial charge in [0, 0.05) is 17.8 Å². The van der Waals surface area contributed by atoms with Crippen molar-refractivity contribution in [3.8, 4) is 0 Å². The maximum atomic E-state index is 10.4. The van der Waals surface area contributed by atoms with Crippen LogP contribution in [0.25, 0.3) is 10.3 Å². The summed E-state index contributed by atoms with van der Waals surface area (Å²) in [7, 11) is 0. The first-order valence-electron chi connectivity index (χ1n) is 5.63. The third kappa shape index (κ3) is 3.54. The molecule has 21 heavy (non-hydrogen) atoms. The highest BCUT2D eigenvalue weighted by Crippen LogP contribution is 2.18. The second-order valence-electron chi connectivity index (χ2n) is 3.90. The van der Waals surface area contributed by atoms with E-state index in [4.69, 9.17) is 10.8 Å². The molecule has 3 aromatic rings. The van der Waals surface area contributed by atoms with E-state index >= 15 is 0 Å². The van der Waals surface area contributed by atoms with Crippen molar-refractivity contribution in [2.45, 2.75) is 0 Å². The number of rotatable bonds is 2. The van der Waals surface area contributed by atoms with E-state index in [2.05, 4.69) is 9.97 Å². The smallest absolute Gasteiger partial charge is 0.352 e. The number of aromatic carboxylic acids is 1. The predicted molar refractivity (Wildman–Crippen MR) is 78.4 cm³/mol. The van der Waals surface area contributed by atoms with E-state index in [9.17, 15) is 14.9 Å². The van der Waals surface area contributed by atoms with Gasteiger partial charge in [0.15, 0.2) is 0 Å². The third-order valence-corrected chi connectivity index (χ3v) is 3.23. The average molecular weight is 306 g/mol. The molecule has 0 fully saturated rings. The fourth-order valence-corrected chi connectivity index (χ4v) is 2.13. The van der Waals surface area contributed by atoms with Crippen LogP contribution in [0.4, 0.5) is 11.4 Å². The first-order valence-corrected chi connectivity index (χ1v) is 6.51. The molecule has 0 radical (unpaired) electrons. The van der Waals surface area contributed by atoms with Gasteiger partial charge in [-0.15, -0.1) is 11.3 Å². The molecule has 9 heteroatoms. The molecule has 0 aliphatic rings. The topological polar surface area (TPSA) is 135 Å². The van der Waals surface area contributed by atoms with Gasteiger partial charge in [-0.3, -0.25) is 10.1 Å². The standard InChI is InChI=1S/C6H4N2O2S.C6H6N2O2/c9-6(10)3-1-4-5(8-3)7-2-11-4;7-5-1-3-6(4-2-5)8(9)10/h1-2,8H,(H,9,10);1-4H,7H2. The molecule has 8 nitrogen and oxygen atoms in total. The Bertz CT molecular complexity index is 750. The van der Waals surface area contributed by atoms with E-state index < -0.39 is 10.9 Å². The van der Waals surface area contributed by atoms with Crippen molar-refractivity contribution in [3.05, 3.63) is 51.7 Å². The Hall–Kier alpha value is -2.94. The van der Waals surface area contributed by atoms with Gasteiger partial charge in [0.25, 0.3) is 5.69 Å². The van der Waals surface area contributed by atoms with Crippen molar-refractivity contribution in [1.82, 2.24) is 9.97 Å². The zero-order valence-electron chi connectivity index (χ0n) is 10.5. The highest BCUT2D eigenvalue weighted by molar-refractivity contribution is 7.16. The van der Waals surface area contributed by atoms with Crippen LogP contribution >= 0.6 is 11.3 Å². The van der Waals surface area contributed by atoms with Gasteiger partial charge >= 0.3 is 5.97 Å². The van der Waals surface area contributed by atoms with Crippen LogP contribution in [-0.2, 0) is 0 Å². The molecule has 0 aliphatic carbocycles. The number of nitrogens with two attached hydrogens (primary N) is 1. The number of benzene rings is 1. The number of thiazole rings is 1. The minimum Gasteiger partial charge on any atom is -0.477 e. The number of hydrogen-bond donors (Lipinski definition) is 3. The van der Waals surface area contributed by atoms with Gasteiger partial charge in [-0.2, -0.15) is 0 Å². The average Bonchev–Trinajstić information content (AvgIpc) is 3.00. The molecule has 0 bridgehead atoms. The zero-order valence-corrected chi connectivity index (χ0v) is 11.3. The van der Waals surface area contributed by atoms with E-state index in [1.807, 2.05) is 0 Å². The van der Waals surface area contributed by atoms with Crippen LogP contribution in [0.15, 0.2) is 35.8 Å². The normalized spacial score (nSPS) is 9.90. The molecule has 1 aromatic carbocycles. The van der Waals surface area contributed by atoms with Gasteiger partial charge in [0.2, 0.25) is 0 Å². The molecular formula is C12H10N4O4S. The maximum absolute atomic E-state index is 10.4. The number of carboxylic acids is 1. The molecule has 0 unspecified atom stereocenters. The highest BCUT2D eigenvalue weighted by atomic mass is 32.1. The Labute approximate surface area is 122 Å². The fraction of sp³-hybridized carbons (Fsp3) is 0. The van der Waals surface area contributed by atoms with Crippen molar-refractivity contribution in [3.63, 3.8) is 0 Å². The van der Waals surface area contributed by atoms with Crippen LogP contribution < -0.4 is 5.73 Å². The summed E-state index contributed by atoms with van der Waals surface area (Å²) in [6, 6.07) is 7.32. The molecule has 0 aliphatic heterocycles.